The summed E-state index contributed by atoms with van der Waals surface area (Å²) < 4.78 is 5.23. The first-order valence-electron chi connectivity index (χ1n) is 6.14. The zero-order chi connectivity index (χ0) is 15.2. The highest BCUT2D eigenvalue weighted by atomic mass is 16.5. The van der Waals surface area contributed by atoms with E-state index in [1.54, 1.807) is 5.43 Å². The van der Waals surface area contributed by atoms with Gasteiger partial charge in [-0.25, -0.2) is 15.2 Å². The van der Waals surface area contributed by atoms with Crippen LogP contribution in [0.15, 0.2) is 12.3 Å². The Kier molecular flexibility index (Phi) is 4.53. The molecular weight excluding hydrogens is 278 g/mol. The van der Waals surface area contributed by atoms with Crippen LogP contribution >= 0.6 is 0 Å². The maximum atomic E-state index is 12.0. The van der Waals surface area contributed by atoms with E-state index in [1.165, 1.54) is 12.3 Å². The summed E-state index contributed by atoms with van der Waals surface area (Å²) in [6.45, 7) is 2.14. The van der Waals surface area contributed by atoms with E-state index < -0.39 is 12.0 Å². The molecule has 110 valence electrons. The Morgan fingerprint density at radius 1 is 1.38 bits per heavy atom. The molecule has 0 atom stereocenters. The zero-order valence-electron chi connectivity index (χ0n) is 11.0. The summed E-state index contributed by atoms with van der Waals surface area (Å²) in [6.07, 6.45) is -0.0210. The third-order valence-corrected chi connectivity index (χ3v) is 2.83. The predicted octanol–water partition coefficient (Wildman–Crippen LogP) is -0.298. The molecular formula is C12H13N5O4. The number of morpholine rings is 1. The van der Waals surface area contributed by atoms with Gasteiger partial charge in [-0.3, -0.25) is 10.2 Å². The molecule has 0 aliphatic carbocycles. The first kappa shape index (κ1) is 14.5. The second-order valence-electron chi connectivity index (χ2n) is 4.19. The standard InChI is InChI=1S/C12H13N5O4/c13-6-8-5-9(11(18)15-16-12(19)20)10(14-7-8)17-1-3-21-4-2-17/h5,7,16H,1-4H2,(H,15,18)(H,19,20). The van der Waals surface area contributed by atoms with E-state index in [2.05, 4.69) is 4.98 Å². The molecule has 0 unspecified atom stereocenters. The number of rotatable bonds is 2. The van der Waals surface area contributed by atoms with Gasteiger partial charge in [0.25, 0.3) is 5.91 Å². The van der Waals surface area contributed by atoms with Crippen LogP contribution in [0.3, 0.4) is 0 Å². The van der Waals surface area contributed by atoms with Gasteiger partial charge in [-0.05, 0) is 6.07 Å². The zero-order valence-corrected chi connectivity index (χ0v) is 11.0. The van der Waals surface area contributed by atoms with Gasteiger partial charge in [0.05, 0.1) is 24.3 Å². The number of aromatic nitrogens is 1. The first-order valence-corrected chi connectivity index (χ1v) is 6.14. The molecule has 2 amide bonds. The highest BCUT2D eigenvalue weighted by Crippen LogP contribution is 2.19. The summed E-state index contributed by atoms with van der Waals surface area (Å²) in [5, 5.41) is 17.4. The molecule has 1 saturated heterocycles. The summed E-state index contributed by atoms with van der Waals surface area (Å²) in [4.78, 5) is 28.4. The molecule has 21 heavy (non-hydrogen) atoms. The van der Waals surface area contributed by atoms with Crippen molar-refractivity contribution in [2.24, 2.45) is 0 Å². The highest BCUT2D eigenvalue weighted by Gasteiger charge is 2.21. The van der Waals surface area contributed by atoms with Crippen molar-refractivity contribution in [2.45, 2.75) is 0 Å². The minimum atomic E-state index is -1.39. The predicted molar refractivity (Wildman–Crippen MR) is 70.6 cm³/mol. The average molecular weight is 291 g/mol. The fraction of sp³-hybridized carbons (Fsp3) is 0.333. The van der Waals surface area contributed by atoms with Gasteiger partial charge in [0, 0.05) is 19.3 Å². The van der Waals surface area contributed by atoms with Gasteiger partial charge >= 0.3 is 6.09 Å². The van der Waals surface area contributed by atoms with Gasteiger partial charge in [-0.2, -0.15) is 5.26 Å². The van der Waals surface area contributed by atoms with Crippen LogP contribution in [0.1, 0.15) is 15.9 Å². The molecule has 2 rings (SSSR count). The number of carbonyl (C=O) groups excluding carboxylic acids is 1. The largest absolute Gasteiger partial charge is 0.464 e. The number of pyridine rings is 1. The third-order valence-electron chi connectivity index (χ3n) is 2.83. The monoisotopic (exact) mass is 291 g/mol. The molecule has 9 heteroatoms. The molecule has 0 aromatic carbocycles. The maximum absolute atomic E-state index is 12.0. The Morgan fingerprint density at radius 2 is 2.10 bits per heavy atom. The molecule has 9 nitrogen and oxygen atoms in total. The van der Waals surface area contributed by atoms with E-state index in [0.717, 1.165) is 0 Å². The van der Waals surface area contributed by atoms with Crippen LogP contribution in [0.4, 0.5) is 10.6 Å². The molecule has 0 radical (unpaired) electrons. The van der Waals surface area contributed by atoms with Gasteiger partial charge in [0.2, 0.25) is 0 Å². The van der Waals surface area contributed by atoms with E-state index in [0.29, 0.717) is 32.1 Å². The third kappa shape index (κ3) is 3.58. The lowest BCUT2D eigenvalue weighted by Gasteiger charge is -2.29. The second-order valence-corrected chi connectivity index (χ2v) is 4.19. The SMILES string of the molecule is N#Cc1cnc(N2CCOCC2)c(C(=O)NNC(=O)O)c1. The number of hydrogen-bond acceptors (Lipinski definition) is 6. The smallest absolute Gasteiger partial charge is 0.423 e. The summed E-state index contributed by atoms with van der Waals surface area (Å²) in [5.41, 5.74) is 4.15. The van der Waals surface area contributed by atoms with Crippen LogP contribution in [0.2, 0.25) is 0 Å². The van der Waals surface area contributed by atoms with Crippen molar-refractivity contribution < 1.29 is 19.4 Å². The van der Waals surface area contributed by atoms with Gasteiger partial charge < -0.3 is 14.7 Å². The summed E-state index contributed by atoms with van der Waals surface area (Å²) in [5.74, 6) is -0.287. The van der Waals surface area contributed by atoms with Crippen molar-refractivity contribution in [3.05, 3.63) is 23.4 Å². The van der Waals surface area contributed by atoms with E-state index >= 15 is 0 Å². The van der Waals surface area contributed by atoms with Gasteiger partial charge in [0.15, 0.2) is 0 Å². The lowest BCUT2D eigenvalue weighted by atomic mass is 10.1. The Bertz CT molecular complexity index is 592. The lowest BCUT2D eigenvalue weighted by molar-refractivity contribution is 0.0924. The van der Waals surface area contributed by atoms with Crippen LogP contribution in [0, 0.1) is 11.3 Å². The van der Waals surface area contributed by atoms with Crippen molar-refractivity contribution in [1.82, 2.24) is 15.8 Å². The van der Waals surface area contributed by atoms with E-state index in [-0.39, 0.29) is 11.1 Å². The molecule has 0 spiro atoms. The van der Waals surface area contributed by atoms with Crippen LogP contribution < -0.4 is 15.8 Å². The number of ether oxygens (including phenoxy) is 1. The average Bonchev–Trinajstić information content (AvgIpc) is 2.52. The molecule has 1 aliphatic heterocycles. The lowest BCUT2D eigenvalue weighted by Crippen LogP contribution is -2.43. The number of hydrogen-bond donors (Lipinski definition) is 3. The molecule has 1 aromatic rings. The van der Waals surface area contributed by atoms with E-state index in [9.17, 15) is 9.59 Å². The highest BCUT2D eigenvalue weighted by molar-refractivity contribution is 5.99. The molecule has 0 saturated carbocycles. The second kappa shape index (κ2) is 6.53. The molecule has 1 aliphatic rings. The minimum absolute atomic E-state index is 0.129. The maximum Gasteiger partial charge on any atom is 0.423 e. The number of hydrazine groups is 1. The van der Waals surface area contributed by atoms with Crippen LogP contribution in [0.25, 0.3) is 0 Å². The Hall–Kier alpha value is -2.86. The number of carboxylic acid groups (broad SMARTS) is 1. The normalized spacial score (nSPS) is 14.1. The molecule has 3 N–H and O–H groups in total. The molecule has 0 bridgehead atoms. The summed E-state index contributed by atoms with van der Waals surface area (Å²) >= 11 is 0. The quantitative estimate of drug-likeness (QED) is 0.638. The fourth-order valence-corrected chi connectivity index (χ4v) is 1.89. The molecule has 1 fully saturated rings. The van der Waals surface area contributed by atoms with Crippen molar-refractivity contribution in [3.8, 4) is 6.07 Å². The van der Waals surface area contributed by atoms with E-state index in [1.807, 2.05) is 16.4 Å². The minimum Gasteiger partial charge on any atom is -0.464 e. The number of nitrogens with zero attached hydrogens (tertiary/aromatic N) is 3. The van der Waals surface area contributed by atoms with Crippen molar-refractivity contribution >= 4 is 17.8 Å². The van der Waals surface area contributed by atoms with Gasteiger partial charge in [0.1, 0.15) is 11.9 Å². The van der Waals surface area contributed by atoms with Crippen LogP contribution in [-0.4, -0.2) is 48.4 Å². The van der Waals surface area contributed by atoms with Crippen molar-refractivity contribution in [3.63, 3.8) is 0 Å². The Morgan fingerprint density at radius 3 is 2.71 bits per heavy atom. The number of amides is 2. The van der Waals surface area contributed by atoms with Gasteiger partial charge in [-0.1, -0.05) is 0 Å². The number of carbonyl (C=O) groups is 2. The van der Waals surface area contributed by atoms with Crippen molar-refractivity contribution in [2.75, 3.05) is 31.2 Å². The van der Waals surface area contributed by atoms with E-state index in [4.69, 9.17) is 15.1 Å². The molecule has 2 heterocycles. The molecule has 1 aromatic heterocycles. The van der Waals surface area contributed by atoms with Crippen LogP contribution in [0.5, 0.6) is 0 Å². The van der Waals surface area contributed by atoms with Gasteiger partial charge in [-0.15, -0.1) is 0 Å². The van der Waals surface area contributed by atoms with Crippen LogP contribution in [-0.2, 0) is 4.74 Å². The topological polar surface area (TPSA) is 128 Å². The Balaban J connectivity index is 2.28. The first-order chi connectivity index (χ1) is 10.1. The summed E-state index contributed by atoms with van der Waals surface area (Å²) in [6, 6.07) is 3.27. The number of anilines is 1. The Labute approximate surface area is 120 Å². The number of nitrogens with one attached hydrogen (secondary N) is 2. The van der Waals surface area contributed by atoms with Crippen molar-refractivity contribution in [1.29, 1.82) is 5.26 Å². The fourth-order valence-electron chi connectivity index (χ4n) is 1.89. The summed E-state index contributed by atoms with van der Waals surface area (Å²) in [7, 11) is 0. The number of nitriles is 1.